The van der Waals surface area contributed by atoms with E-state index >= 15 is 0 Å². The molecule has 13 heteroatoms. The minimum atomic E-state index is -2.77. The van der Waals surface area contributed by atoms with Gasteiger partial charge in [-0.2, -0.15) is 5.26 Å². The predicted molar refractivity (Wildman–Crippen MR) is 130 cm³/mol. The van der Waals surface area contributed by atoms with Crippen molar-refractivity contribution in [1.29, 1.82) is 5.26 Å². The van der Waals surface area contributed by atoms with Crippen LogP contribution in [0.3, 0.4) is 0 Å². The Balaban J connectivity index is 1.44. The monoisotopic (exact) mass is 550 g/mol. The molecule has 1 N–H and O–H groups in total. The summed E-state index contributed by atoms with van der Waals surface area (Å²) in [5, 5.41) is 11.8. The fourth-order valence-electron chi connectivity index (χ4n) is 4.19. The number of thiazole rings is 1. The first kappa shape index (κ1) is 26.8. The molecule has 0 bridgehead atoms. The third-order valence-electron chi connectivity index (χ3n) is 6.10. The molecule has 1 aromatic carbocycles. The van der Waals surface area contributed by atoms with E-state index in [1.165, 1.54) is 30.0 Å². The second kappa shape index (κ2) is 12.3. The number of ether oxygens (including phenoxy) is 1. The number of nitrogens with zero attached hydrogens (tertiary/aromatic N) is 5. The molecule has 0 saturated carbocycles. The number of piperidine rings is 1. The van der Waals surface area contributed by atoms with Crippen LogP contribution in [-0.4, -0.2) is 52.0 Å². The fourth-order valence-corrected chi connectivity index (χ4v) is 5.37. The zero-order valence-electron chi connectivity index (χ0n) is 19.4. The van der Waals surface area contributed by atoms with E-state index in [-0.39, 0.29) is 40.3 Å². The van der Waals surface area contributed by atoms with Crippen LogP contribution in [0.15, 0.2) is 36.1 Å². The molecule has 2 aromatic heterocycles. The van der Waals surface area contributed by atoms with Crippen LogP contribution in [-0.2, 0) is 0 Å². The minimum absolute atomic E-state index is 0.0300. The second-order valence-electron chi connectivity index (χ2n) is 8.34. The molecule has 37 heavy (non-hydrogen) atoms. The Morgan fingerprint density at radius 3 is 2.73 bits per heavy atom. The first-order chi connectivity index (χ1) is 17.9. The van der Waals surface area contributed by atoms with Crippen LogP contribution in [0.25, 0.3) is 0 Å². The molecule has 8 nitrogen and oxygen atoms in total. The number of carbonyl (C=O) groups is 1. The molecule has 3 heterocycles. The smallest absolute Gasteiger partial charge is 0.281 e. The number of amides is 1. The standard InChI is InChI=1S/C24H22ClF3N6O2S/c25-15-2-1-3-16(26)19(15)23(35)32-11-18(21-20(22(27)28)33-13-37-21)34-8-4-14(5-9-34)12-36-24-17(10-29)30-6-7-31-24/h1-3,6-7,13-14,18,22H,4-5,8-9,11-12H2,(H,32,35). The summed E-state index contributed by atoms with van der Waals surface area (Å²) in [5.41, 5.74) is 0.840. The van der Waals surface area contributed by atoms with E-state index in [9.17, 15) is 18.0 Å². The first-order valence-electron chi connectivity index (χ1n) is 11.4. The lowest BCUT2D eigenvalue weighted by atomic mass is 9.96. The first-order valence-corrected chi connectivity index (χ1v) is 12.7. The van der Waals surface area contributed by atoms with Gasteiger partial charge in [-0.3, -0.25) is 9.69 Å². The molecule has 1 fully saturated rings. The number of aromatic nitrogens is 3. The summed E-state index contributed by atoms with van der Waals surface area (Å²) < 4.78 is 47.2. The molecule has 1 aliphatic heterocycles. The van der Waals surface area contributed by atoms with Crippen molar-refractivity contribution in [3.8, 4) is 11.9 Å². The van der Waals surface area contributed by atoms with E-state index in [2.05, 4.69) is 20.3 Å². The average Bonchev–Trinajstić information content (AvgIpc) is 3.38. The molecule has 0 spiro atoms. The lowest BCUT2D eigenvalue weighted by molar-refractivity contribution is 0.0867. The van der Waals surface area contributed by atoms with Crippen molar-refractivity contribution in [2.24, 2.45) is 5.92 Å². The molecule has 3 aromatic rings. The van der Waals surface area contributed by atoms with Gasteiger partial charge >= 0.3 is 0 Å². The van der Waals surface area contributed by atoms with Gasteiger partial charge in [-0.25, -0.2) is 28.1 Å². The van der Waals surface area contributed by atoms with Gasteiger partial charge in [0.25, 0.3) is 18.2 Å². The number of alkyl halides is 2. The predicted octanol–water partition coefficient (Wildman–Crippen LogP) is 4.80. The average molecular weight is 551 g/mol. The summed E-state index contributed by atoms with van der Waals surface area (Å²) in [4.78, 5) is 26.9. The number of hydrogen-bond acceptors (Lipinski definition) is 8. The lowest BCUT2D eigenvalue weighted by Gasteiger charge is -2.37. The maximum atomic E-state index is 14.2. The Kier molecular flexibility index (Phi) is 8.91. The molecule has 194 valence electrons. The summed E-state index contributed by atoms with van der Waals surface area (Å²) >= 11 is 7.10. The zero-order valence-corrected chi connectivity index (χ0v) is 21.0. The lowest BCUT2D eigenvalue weighted by Crippen LogP contribution is -2.43. The highest BCUT2D eigenvalue weighted by Gasteiger charge is 2.32. The van der Waals surface area contributed by atoms with E-state index in [1.54, 1.807) is 0 Å². The van der Waals surface area contributed by atoms with Crippen LogP contribution in [0.4, 0.5) is 13.2 Å². The van der Waals surface area contributed by atoms with Gasteiger partial charge in [-0.05, 0) is 44.0 Å². The van der Waals surface area contributed by atoms with Crippen molar-refractivity contribution < 1.29 is 22.7 Å². The molecule has 4 rings (SSSR count). The number of nitriles is 1. The minimum Gasteiger partial charge on any atom is -0.475 e. The van der Waals surface area contributed by atoms with Gasteiger partial charge in [-0.15, -0.1) is 11.3 Å². The van der Waals surface area contributed by atoms with Crippen LogP contribution in [0.2, 0.25) is 5.02 Å². The fraction of sp³-hybridized carbons (Fsp3) is 0.375. The third kappa shape index (κ3) is 6.36. The number of nitrogens with one attached hydrogen (secondary N) is 1. The summed E-state index contributed by atoms with van der Waals surface area (Å²) in [6.45, 7) is 1.39. The Morgan fingerprint density at radius 1 is 1.27 bits per heavy atom. The van der Waals surface area contributed by atoms with E-state index in [0.717, 1.165) is 17.4 Å². The van der Waals surface area contributed by atoms with Gasteiger partial charge in [0.05, 0.1) is 33.6 Å². The van der Waals surface area contributed by atoms with Gasteiger partial charge in [0, 0.05) is 18.9 Å². The molecule has 0 radical (unpaired) electrons. The topological polar surface area (TPSA) is 104 Å². The van der Waals surface area contributed by atoms with Crippen molar-refractivity contribution in [3.05, 3.63) is 68.8 Å². The van der Waals surface area contributed by atoms with Gasteiger partial charge in [0.2, 0.25) is 5.69 Å². The van der Waals surface area contributed by atoms with Crippen LogP contribution in [0.1, 0.15) is 51.9 Å². The zero-order chi connectivity index (χ0) is 26.4. The highest BCUT2D eigenvalue weighted by atomic mass is 35.5. The molecular weight excluding hydrogens is 529 g/mol. The second-order valence-corrected chi connectivity index (χ2v) is 9.63. The van der Waals surface area contributed by atoms with Crippen molar-refractivity contribution in [2.75, 3.05) is 26.2 Å². The largest absolute Gasteiger partial charge is 0.475 e. The van der Waals surface area contributed by atoms with E-state index < -0.39 is 24.2 Å². The summed E-state index contributed by atoms with van der Waals surface area (Å²) in [6, 6.07) is 5.28. The molecular formula is C24H22ClF3N6O2S. The van der Waals surface area contributed by atoms with Crippen molar-refractivity contribution >= 4 is 28.8 Å². The van der Waals surface area contributed by atoms with Gasteiger partial charge in [-0.1, -0.05) is 17.7 Å². The molecule has 1 amide bonds. The number of rotatable bonds is 9. The number of carbonyl (C=O) groups excluding carboxylic acids is 1. The third-order valence-corrected chi connectivity index (χ3v) is 7.36. The molecule has 1 unspecified atom stereocenters. The van der Waals surface area contributed by atoms with Gasteiger partial charge in [0.1, 0.15) is 17.6 Å². The van der Waals surface area contributed by atoms with E-state index in [0.29, 0.717) is 37.4 Å². The van der Waals surface area contributed by atoms with Gasteiger partial charge < -0.3 is 10.1 Å². The molecule has 1 atom stereocenters. The number of benzene rings is 1. The Hall–Kier alpha value is -3.27. The number of halogens is 4. The van der Waals surface area contributed by atoms with Crippen molar-refractivity contribution in [2.45, 2.75) is 25.3 Å². The van der Waals surface area contributed by atoms with E-state index in [1.807, 2.05) is 11.0 Å². The number of likely N-dealkylation sites (tertiary alicyclic amines) is 1. The summed E-state index contributed by atoms with van der Waals surface area (Å²) in [5.74, 6) is -1.17. The van der Waals surface area contributed by atoms with Crippen LogP contribution >= 0.6 is 22.9 Å². The maximum absolute atomic E-state index is 14.2. The summed E-state index contributed by atoms with van der Waals surface area (Å²) in [7, 11) is 0. The number of hydrogen-bond donors (Lipinski definition) is 1. The van der Waals surface area contributed by atoms with Gasteiger partial charge in [0.15, 0.2) is 0 Å². The molecule has 0 aliphatic carbocycles. The SMILES string of the molecule is N#Cc1nccnc1OCC1CCN(C(CNC(=O)c2c(F)cccc2Cl)c2scnc2C(F)F)CC1. The normalized spacial score (nSPS) is 15.4. The molecule has 1 saturated heterocycles. The Labute approximate surface area is 220 Å². The Bertz CT molecular complexity index is 1260. The summed E-state index contributed by atoms with van der Waals surface area (Å²) in [6.07, 6.45) is 1.47. The maximum Gasteiger partial charge on any atom is 0.281 e. The highest BCUT2D eigenvalue weighted by Crippen LogP contribution is 2.35. The van der Waals surface area contributed by atoms with Crippen molar-refractivity contribution in [3.63, 3.8) is 0 Å². The van der Waals surface area contributed by atoms with Crippen molar-refractivity contribution in [1.82, 2.24) is 25.2 Å². The highest BCUT2D eigenvalue weighted by molar-refractivity contribution is 7.09. The van der Waals surface area contributed by atoms with Crippen LogP contribution in [0, 0.1) is 23.1 Å². The molecule has 1 aliphatic rings. The Morgan fingerprint density at radius 2 is 2.03 bits per heavy atom. The van der Waals surface area contributed by atoms with Crippen LogP contribution in [0.5, 0.6) is 5.88 Å². The van der Waals surface area contributed by atoms with E-state index in [4.69, 9.17) is 21.6 Å². The van der Waals surface area contributed by atoms with Crippen LogP contribution < -0.4 is 10.1 Å². The quantitative estimate of drug-likeness (QED) is 0.408.